The van der Waals surface area contributed by atoms with E-state index >= 15 is 0 Å². The number of piperidine rings is 1. The summed E-state index contributed by atoms with van der Waals surface area (Å²) in [4.78, 5) is 15.4. The van der Waals surface area contributed by atoms with Crippen LogP contribution in [-0.4, -0.2) is 42.3 Å². The largest absolute Gasteiger partial charge is 0.573 e. The number of fused-ring (bicyclic) bond motifs is 2. The maximum Gasteiger partial charge on any atom is 0.573 e. The van der Waals surface area contributed by atoms with Crippen LogP contribution in [0.2, 0.25) is 0 Å². The summed E-state index contributed by atoms with van der Waals surface area (Å²) >= 11 is 0. The summed E-state index contributed by atoms with van der Waals surface area (Å²) in [5.41, 5.74) is 1.95. The van der Waals surface area contributed by atoms with Gasteiger partial charge in [0.05, 0.1) is 13.2 Å². The molecule has 2 bridgehead atoms. The summed E-state index contributed by atoms with van der Waals surface area (Å²) in [5, 5.41) is 0. The smallest absolute Gasteiger partial charge is 0.406 e. The molecule has 0 aromatic heterocycles. The van der Waals surface area contributed by atoms with Crippen LogP contribution < -0.4 is 4.74 Å². The van der Waals surface area contributed by atoms with Crippen molar-refractivity contribution in [1.29, 1.82) is 0 Å². The highest BCUT2D eigenvalue weighted by Gasteiger charge is 2.41. The number of carbonyl (C=O) groups is 1. The molecule has 30 heavy (non-hydrogen) atoms. The van der Waals surface area contributed by atoms with Crippen LogP contribution in [0.4, 0.5) is 13.2 Å². The fraction of sp³-hybridized carbons (Fsp3) is 0.435. The fourth-order valence-corrected chi connectivity index (χ4v) is 4.46. The second kappa shape index (κ2) is 8.78. The highest BCUT2D eigenvalue weighted by atomic mass is 19.4. The van der Waals surface area contributed by atoms with Gasteiger partial charge in [0.2, 0.25) is 0 Å². The second-order valence-corrected chi connectivity index (χ2v) is 8.01. The minimum Gasteiger partial charge on any atom is -0.406 e. The van der Waals surface area contributed by atoms with E-state index < -0.39 is 6.36 Å². The van der Waals surface area contributed by atoms with Crippen LogP contribution in [-0.2, 0) is 22.5 Å². The molecule has 0 N–H and O–H groups in total. The van der Waals surface area contributed by atoms with Crippen molar-refractivity contribution in [3.8, 4) is 5.75 Å². The zero-order chi connectivity index (χ0) is 21.1. The Kier molecular flexibility index (Phi) is 6.11. The third-order valence-corrected chi connectivity index (χ3v) is 5.87. The molecule has 4 nitrogen and oxygen atoms in total. The summed E-state index contributed by atoms with van der Waals surface area (Å²) < 4.78 is 46.5. The molecular weight excluding hydrogens is 395 g/mol. The van der Waals surface area contributed by atoms with Crippen LogP contribution in [0, 0.1) is 5.92 Å². The Morgan fingerprint density at radius 3 is 2.20 bits per heavy atom. The van der Waals surface area contributed by atoms with Gasteiger partial charge in [0.25, 0.3) is 0 Å². The number of carbonyl (C=O) groups excluding carboxylic acids is 1. The zero-order valence-electron chi connectivity index (χ0n) is 16.5. The van der Waals surface area contributed by atoms with Crippen molar-refractivity contribution in [3.63, 3.8) is 0 Å². The fourth-order valence-electron chi connectivity index (χ4n) is 4.46. The van der Waals surface area contributed by atoms with E-state index in [4.69, 9.17) is 4.74 Å². The van der Waals surface area contributed by atoms with Gasteiger partial charge in [-0.2, -0.15) is 0 Å². The first-order valence-corrected chi connectivity index (χ1v) is 10.1. The van der Waals surface area contributed by atoms with Crippen molar-refractivity contribution in [2.24, 2.45) is 5.92 Å². The molecule has 2 heterocycles. The average molecular weight is 419 g/mol. The molecule has 0 radical (unpaired) electrons. The predicted molar refractivity (Wildman–Crippen MR) is 105 cm³/mol. The van der Waals surface area contributed by atoms with Crippen molar-refractivity contribution in [1.82, 2.24) is 4.90 Å². The Hall–Kier alpha value is -2.38. The topological polar surface area (TPSA) is 38.8 Å². The molecule has 2 atom stereocenters. The van der Waals surface area contributed by atoms with Gasteiger partial charge < -0.3 is 9.47 Å². The molecule has 2 saturated heterocycles. The Labute approximate surface area is 173 Å². The Morgan fingerprint density at radius 1 is 0.967 bits per heavy atom. The molecule has 2 aliphatic rings. The van der Waals surface area contributed by atoms with Gasteiger partial charge in [0.1, 0.15) is 11.5 Å². The molecule has 2 aromatic rings. The van der Waals surface area contributed by atoms with Gasteiger partial charge in [-0.25, -0.2) is 0 Å². The van der Waals surface area contributed by atoms with Gasteiger partial charge in [0.15, 0.2) is 0 Å². The SMILES string of the molecule is O=C(Cc1ccc(OC(F)(F)F)cc1)C1CC2COCC(C1)N2Cc1ccccc1. The van der Waals surface area contributed by atoms with E-state index in [-0.39, 0.29) is 36.0 Å². The molecule has 0 amide bonds. The number of hydrogen-bond donors (Lipinski definition) is 0. The number of nitrogens with zero attached hydrogens (tertiary/aromatic N) is 1. The molecule has 7 heteroatoms. The van der Waals surface area contributed by atoms with Crippen LogP contribution in [0.25, 0.3) is 0 Å². The maximum atomic E-state index is 12.9. The van der Waals surface area contributed by atoms with Gasteiger partial charge in [-0.15, -0.1) is 13.2 Å². The number of ether oxygens (including phenoxy) is 2. The van der Waals surface area contributed by atoms with Crippen LogP contribution >= 0.6 is 0 Å². The molecule has 2 aliphatic heterocycles. The molecule has 2 unspecified atom stereocenters. The van der Waals surface area contributed by atoms with E-state index in [0.29, 0.717) is 18.8 Å². The Morgan fingerprint density at radius 2 is 1.60 bits per heavy atom. The zero-order valence-corrected chi connectivity index (χ0v) is 16.5. The normalized spacial score (nSPS) is 24.4. The van der Waals surface area contributed by atoms with E-state index in [1.807, 2.05) is 18.2 Å². The first-order valence-electron chi connectivity index (χ1n) is 10.1. The van der Waals surface area contributed by atoms with Crippen molar-refractivity contribution >= 4 is 5.78 Å². The van der Waals surface area contributed by atoms with Gasteiger partial charge in [-0.3, -0.25) is 9.69 Å². The van der Waals surface area contributed by atoms with E-state index in [0.717, 1.165) is 19.4 Å². The number of hydrogen-bond acceptors (Lipinski definition) is 4. The summed E-state index contributed by atoms with van der Waals surface area (Å²) in [5.74, 6) is -0.197. The molecular formula is C23H24F3NO3. The van der Waals surface area contributed by atoms with Gasteiger partial charge >= 0.3 is 6.36 Å². The van der Waals surface area contributed by atoms with E-state index in [9.17, 15) is 18.0 Å². The lowest BCUT2D eigenvalue weighted by molar-refractivity contribution is -0.274. The number of alkyl halides is 3. The number of morpholine rings is 1. The summed E-state index contributed by atoms with van der Waals surface area (Å²) in [6.45, 7) is 2.09. The van der Waals surface area contributed by atoms with Crippen molar-refractivity contribution in [3.05, 3.63) is 65.7 Å². The Bertz CT molecular complexity index is 840. The third kappa shape index (κ3) is 5.21. The van der Waals surface area contributed by atoms with Crippen molar-refractivity contribution < 1.29 is 27.4 Å². The van der Waals surface area contributed by atoms with Crippen molar-refractivity contribution in [2.45, 2.75) is 44.3 Å². The summed E-state index contributed by atoms with van der Waals surface area (Å²) in [6.07, 6.45) is -3.00. The van der Waals surface area contributed by atoms with Crippen molar-refractivity contribution in [2.75, 3.05) is 13.2 Å². The number of benzene rings is 2. The highest BCUT2D eigenvalue weighted by molar-refractivity contribution is 5.83. The molecule has 2 fully saturated rings. The van der Waals surface area contributed by atoms with Crippen LogP contribution in [0.5, 0.6) is 5.75 Å². The number of rotatable bonds is 6. The predicted octanol–water partition coefficient (Wildman–Crippen LogP) is 4.38. The van der Waals surface area contributed by atoms with Gasteiger partial charge in [-0.05, 0) is 36.1 Å². The second-order valence-electron chi connectivity index (χ2n) is 8.01. The van der Waals surface area contributed by atoms with Gasteiger partial charge in [0, 0.05) is 31.0 Å². The quantitative estimate of drug-likeness (QED) is 0.697. The monoisotopic (exact) mass is 419 g/mol. The van der Waals surface area contributed by atoms with Gasteiger partial charge in [-0.1, -0.05) is 42.5 Å². The van der Waals surface area contributed by atoms with Crippen LogP contribution in [0.1, 0.15) is 24.0 Å². The van der Waals surface area contributed by atoms with E-state index in [2.05, 4.69) is 21.8 Å². The number of Topliss-reactive ketones (excluding diaryl/α,β-unsaturated/α-hetero) is 1. The lowest BCUT2D eigenvalue weighted by Crippen LogP contribution is -2.57. The summed E-state index contributed by atoms with van der Waals surface area (Å²) in [6, 6.07) is 16.2. The van der Waals surface area contributed by atoms with E-state index in [1.54, 1.807) is 0 Å². The lowest BCUT2D eigenvalue weighted by Gasteiger charge is -2.48. The maximum absolute atomic E-state index is 12.9. The molecule has 4 rings (SSSR count). The molecule has 160 valence electrons. The Balaban J connectivity index is 1.37. The highest BCUT2D eigenvalue weighted by Crippen LogP contribution is 2.34. The molecule has 0 spiro atoms. The molecule has 2 aromatic carbocycles. The average Bonchev–Trinajstić information content (AvgIpc) is 2.69. The van der Waals surface area contributed by atoms with Crippen LogP contribution in [0.3, 0.4) is 0 Å². The van der Waals surface area contributed by atoms with Crippen LogP contribution in [0.15, 0.2) is 54.6 Å². The minimum atomic E-state index is -4.72. The lowest BCUT2D eigenvalue weighted by atomic mass is 9.80. The summed E-state index contributed by atoms with van der Waals surface area (Å²) in [7, 11) is 0. The third-order valence-electron chi connectivity index (χ3n) is 5.87. The first-order chi connectivity index (χ1) is 14.4. The van der Waals surface area contributed by atoms with E-state index in [1.165, 1.54) is 29.8 Å². The molecule has 0 aliphatic carbocycles. The first kappa shape index (κ1) is 20.9. The minimum absolute atomic E-state index is 0.0537. The number of ketones is 1. The molecule has 0 saturated carbocycles. The standard InChI is InChI=1S/C23H24F3NO3/c24-23(25,26)30-21-8-6-16(7-9-21)10-22(28)18-11-19-14-29-15-20(12-18)27(19)13-17-4-2-1-3-5-17/h1-9,18-20H,10-15H2. The number of halogens is 3.